The van der Waals surface area contributed by atoms with Crippen molar-refractivity contribution in [2.24, 2.45) is 5.73 Å². The van der Waals surface area contributed by atoms with Gasteiger partial charge < -0.3 is 15.6 Å². The summed E-state index contributed by atoms with van der Waals surface area (Å²) >= 11 is 12.3. The highest BCUT2D eigenvalue weighted by Gasteiger charge is 2.20. The number of nitrogens with zero attached hydrogens (tertiary/aromatic N) is 1. The minimum absolute atomic E-state index is 0.0639. The number of hydrogen-bond donors (Lipinski definition) is 2. The van der Waals surface area contributed by atoms with Gasteiger partial charge in [0.15, 0.2) is 6.61 Å². The van der Waals surface area contributed by atoms with Gasteiger partial charge in [0.25, 0.3) is 5.91 Å². The first kappa shape index (κ1) is 22.4. The number of ether oxygens (including phenoxy) is 1. The number of fused-ring (bicyclic) bond motifs is 1. The SMILES string of the molecule is CON(C(=O)COc1cc(C(=O)O)cc2cc(Cl)cc(Cl)c12)c1cccc(C(N)=O)c1. The van der Waals surface area contributed by atoms with Crippen LogP contribution >= 0.6 is 23.2 Å². The van der Waals surface area contributed by atoms with E-state index >= 15 is 0 Å². The molecule has 0 atom stereocenters. The Bertz CT molecular complexity index is 1200. The van der Waals surface area contributed by atoms with E-state index in [0.717, 1.165) is 5.06 Å². The zero-order valence-corrected chi connectivity index (χ0v) is 17.6. The summed E-state index contributed by atoms with van der Waals surface area (Å²) in [7, 11) is 1.27. The minimum atomic E-state index is -1.18. The Kier molecular flexibility index (Phi) is 6.65. The number of nitrogens with two attached hydrogens (primary N) is 1. The molecule has 0 aromatic heterocycles. The third kappa shape index (κ3) is 4.88. The van der Waals surface area contributed by atoms with E-state index in [4.69, 9.17) is 38.5 Å². The largest absolute Gasteiger partial charge is 0.483 e. The van der Waals surface area contributed by atoms with E-state index in [1.807, 2.05) is 0 Å². The van der Waals surface area contributed by atoms with E-state index in [9.17, 15) is 19.5 Å². The molecule has 31 heavy (non-hydrogen) atoms. The number of carboxylic acids is 1. The lowest BCUT2D eigenvalue weighted by molar-refractivity contribution is -0.126. The summed E-state index contributed by atoms with van der Waals surface area (Å²) in [5.74, 6) is -2.38. The normalized spacial score (nSPS) is 10.7. The Hall–Kier alpha value is -3.33. The number of carbonyl (C=O) groups excluding carboxylic acids is 2. The van der Waals surface area contributed by atoms with Gasteiger partial charge in [-0.25, -0.2) is 4.79 Å². The van der Waals surface area contributed by atoms with Crippen molar-refractivity contribution in [3.8, 4) is 5.75 Å². The molecular formula is C21H16Cl2N2O6. The van der Waals surface area contributed by atoms with Crippen LogP contribution in [0.15, 0.2) is 48.5 Å². The molecule has 3 aromatic rings. The van der Waals surface area contributed by atoms with Crippen LogP contribution in [0.1, 0.15) is 20.7 Å². The summed E-state index contributed by atoms with van der Waals surface area (Å²) in [6.45, 7) is -0.508. The highest BCUT2D eigenvalue weighted by Crippen LogP contribution is 2.36. The van der Waals surface area contributed by atoms with Gasteiger partial charge >= 0.3 is 5.97 Å². The van der Waals surface area contributed by atoms with Gasteiger partial charge in [-0.05, 0) is 47.9 Å². The predicted molar refractivity (Wildman–Crippen MR) is 116 cm³/mol. The lowest BCUT2D eigenvalue weighted by Crippen LogP contribution is -2.34. The second-order valence-corrected chi connectivity index (χ2v) is 7.18. The zero-order valence-electron chi connectivity index (χ0n) is 16.1. The Labute approximate surface area is 186 Å². The summed E-state index contributed by atoms with van der Waals surface area (Å²) < 4.78 is 5.62. The number of benzene rings is 3. The molecule has 0 spiro atoms. The molecule has 0 unspecified atom stereocenters. The first-order chi connectivity index (χ1) is 14.7. The van der Waals surface area contributed by atoms with Gasteiger partial charge in [-0.1, -0.05) is 29.3 Å². The lowest BCUT2D eigenvalue weighted by Gasteiger charge is -2.20. The molecule has 160 valence electrons. The van der Waals surface area contributed by atoms with E-state index in [-0.39, 0.29) is 27.6 Å². The molecule has 8 nitrogen and oxygen atoms in total. The Balaban J connectivity index is 1.92. The fourth-order valence-electron chi connectivity index (χ4n) is 2.96. The molecule has 3 N–H and O–H groups in total. The minimum Gasteiger partial charge on any atom is -0.483 e. The van der Waals surface area contributed by atoms with Crippen molar-refractivity contribution < 1.29 is 29.1 Å². The van der Waals surface area contributed by atoms with Gasteiger partial charge in [0.05, 0.1) is 23.4 Å². The highest BCUT2D eigenvalue weighted by molar-refractivity contribution is 6.39. The fourth-order valence-corrected chi connectivity index (χ4v) is 3.56. The average Bonchev–Trinajstić information content (AvgIpc) is 2.72. The van der Waals surface area contributed by atoms with Crippen molar-refractivity contribution >= 4 is 57.4 Å². The summed E-state index contributed by atoms with van der Waals surface area (Å²) in [6.07, 6.45) is 0. The van der Waals surface area contributed by atoms with Crippen LogP contribution in [0.3, 0.4) is 0 Å². The molecule has 0 aliphatic rings. The number of carbonyl (C=O) groups is 3. The molecule has 3 aromatic carbocycles. The standard InChI is InChI=1S/C21H16Cl2N2O6/c1-30-25(15-4-2-3-11(7-15)20(24)27)18(26)10-31-17-8-13(21(28)29)5-12-6-14(22)9-16(23)19(12)17/h2-9H,10H2,1H3,(H2,24,27)(H,28,29). The van der Waals surface area contributed by atoms with Crippen LogP contribution in [0, 0.1) is 0 Å². The van der Waals surface area contributed by atoms with E-state index in [1.54, 1.807) is 18.2 Å². The number of anilines is 1. The van der Waals surface area contributed by atoms with Crippen LogP contribution in [0.5, 0.6) is 5.75 Å². The molecule has 10 heteroatoms. The predicted octanol–water partition coefficient (Wildman–Crippen LogP) is 3.92. The molecule has 2 amide bonds. The number of amides is 2. The van der Waals surface area contributed by atoms with Crippen molar-refractivity contribution in [1.82, 2.24) is 0 Å². The molecule has 0 bridgehead atoms. The number of hydroxylamine groups is 1. The van der Waals surface area contributed by atoms with Crippen LogP contribution in [0.4, 0.5) is 5.69 Å². The van der Waals surface area contributed by atoms with Gasteiger partial charge in [0, 0.05) is 16.0 Å². The average molecular weight is 463 g/mol. The maximum Gasteiger partial charge on any atom is 0.335 e. The summed E-state index contributed by atoms with van der Waals surface area (Å²) in [5.41, 5.74) is 5.67. The molecule has 0 saturated carbocycles. The van der Waals surface area contributed by atoms with Gasteiger partial charge in [-0.3, -0.25) is 14.4 Å². The number of primary amides is 1. The molecule has 0 fully saturated rings. The van der Waals surface area contributed by atoms with E-state index in [0.29, 0.717) is 15.8 Å². The quantitative estimate of drug-likeness (QED) is 0.513. The van der Waals surface area contributed by atoms with Crippen molar-refractivity contribution in [3.63, 3.8) is 0 Å². The van der Waals surface area contributed by atoms with E-state index in [1.165, 1.54) is 37.4 Å². The topological polar surface area (TPSA) is 119 Å². The Morgan fingerprint density at radius 3 is 2.45 bits per heavy atom. The highest BCUT2D eigenvalue weighted by atomic mass is 35.5. The fraction of sp³-hybridized carbons (Fsp3) is 0.0952. The molecule has 0 saturated heterocycles. The number of halogens is 2. The first-order valence-electron chi connectivity index (χ1n) is 8.77. The molecular weight excluding hydrogens is 447 g/mol. The molecule has 0 aliphatic carbocycles. The second-order valence-electron chi connectivity index (χ2n) is 6.34. The first-order valence-corrected chi connectivity index (χ1v) is 9.52. The van der Waals surface area contributed by atoms with E-state index in [2.05, 4.69) is 0 Å². The van der Waals surface area contributed by atoms with Gasteiger partial charge in [0.1, 0.15) is 5.75 Å². The third-order valence-corrected chi connectivity index (χ3v) is 4.82. The smallest absolute Gasteiger partial charge is 0.335 e. The van der Waals surface area contributed by atoms with Crippen LogP contribution in [0.25, 0.3) is 10.8 Å². The number of aromatic carboxylic acids is 1. The lowest BCUT2D eigenvalue weighted by atomic mass is 10.1. The number of hydrogen-bond acceptors (Lipinski definition) is 5. The molecule has 3 rings (SSSR count). The van der Waals surface area contributed by atoms with Crippen molar-refractivity contribution in [1.29, 1.82) is 0 Å². The molecule has 0 aliphatic heterocycles. The van der Waals surface area contributed by atoms with E-state index < -0.39 is 24.4 Å². The summed E-state index contributed by atoms with van der Waals surface area (Å²) in [4.78, 5) is 40.7. The second kappa shape index (κ2) is 9.22. The Morgan fingerprint density at radius 2 is 1.81 bits per heavy atom. The van der Waals surface area contributed by atoms with Crippen LogP contribution in [0.2, 0.25) is 10.0 Å². The van der Waals surface area contributed by atoms with Gasteiger partial charge in [-0.15, -0.1) is 0 Å². The third-order valence-electron chi connectivity index (χ3n) is 4.30. The summed E-state index contributed by atoms with van der Waals surface area (Å²) in [6, 6.07) is 11.7. The van der Waals surface area contributed by atoms with Crippen molar-refractivity contribution in [2.45, 2.75) is 0 Å². The zero-order chi connectivity index (χ0) is 22.7. The van der Waals surface area contributed by atoms with Crippen molar-refractivity contribution in [3.05, 3.63) is 69.7 Å². The van der Waals surface area contributed by atoms with Gasteiger partial charge in [-0.2, -0.15) is 5.06 Å². The Morgan fingerprint density at radius 1 is 1.06 bits per heavy atom. The molecule has 0 heterocycles. The number of rotatable bonds is 7. The maximum atomic E-state index is 12.7. The van der Waals surface area contributed by atoms with Crippen LogP contribution < -0.4 is 15.5 Å². The maximum absolute atomic E-state index is 12.7. The monoisotopic (exact) mass is 462 g/mol. The summed E-state index contributed by atoms with van der Waals surface area (Å²) in [5, 5.41) is 11.7. The molecule has 0 radical (unpaired) electrons. The van der Waals surface area contributed by atoms with Crippen molar-refractivity contribution in [2.75, 3.05) is 18.8 Å². The van der Waals surface area contributed by atoms with Crippen LogP contribution in [-0.2, 0) is 9.63 Å². The van der Waals surface area contributed by atoms with Crippen LogP contribution in [-0.4, -0.2) is 36.6 Å². The number of carboxylic acid groups (broad SMARTS) is 1. The van der Waals surface area contributed by atoms with Gasteiger partial charge in [0.2, 0.25) is 5.91 Å².